The van der Waals surface area contributed by atoms with Crippen molar-refractivity contribution in [3.8, 4) is 0 Å². The van der Waals surface area contributed by atoms with Crippen molar-refractivity contribution in [1.29, 1.82) is 0 Å². The summed E-state index contributed by atoms with van der Waals surface area (Å²) < 4.78 is 0. The molecule has 4 aliphatic rings. The third-order valence-corrected chi connectivity index (χ3v) is 19.6. The topological polar surface area (TPSA) is 0 Å². The molecule has 0 radical (unpaired) electrons. The fourth-order valence-corrected chi connectivity index (χ4v) is 15.2. The third-order valence-electron chi connectivity index (χ3n) is 19.6. The number of rotatable bonds is 16. The summed E-state index contributed by atoms with van der Waals surface area (Å²) in [6.07, 6.45) is 24.5. The minimum absolute atomic E-state index is 0.314. The van der Waals surface area contributed by atoms with Crippen LogP contribution in [0.25, 0.3) is 0 Å². The Morgan fingerprint density at radius 2 is 0.845 bits per heavy atom. The lowest BCUT2D eigenvalue weighted by Crippen LogP contribution is -2.39. The minimum atomic E-state index is 0.314. The Kier molecular flexibility index (Phi) is 15.3. The van der Waals surface area contributed by atoms with E-state index >= 15 is 0 Å². The molecule has 0 nitrogen and oxygen atoms in total. The van der Waals surface area contributed by atoms with Crippen molar-refractivity contribution in [2.75, 3.05) is 0 Å². The van der Waals surface area contributed by atoms with Crippen molar-refractivity contribution in [3.63, 3.8) is 0 Å². The van der Waals surface area contributed by atoms with Gasteiger partial charge in [0, 0.05) is 0 Å². The van der Waals surface area contributed by atoms with Crippen molar-refractivity contribution >= 4 is 0 Å². The van der Waals surface area contributed by atoms with Gasteiger partial charge >= 0.3 is 0 Å². The summed E-state index contributed by atoms with van der Waals surface area (Å²) in [6.45, 7) is 57.1. The van der Waals surface area contributed by atoms with Gasteiger partial charge in [0.25, 0.3) is 0 Å². The van der Waals surface area contributed by atoms with Crippen LogP contribution in [-0.2, 0) is 0 Å². The van der Waals surface area contributed by atoms with Crippen LogP contribution < -0.4 is 0 Å². The van der Waals surface area contributed by atoms with Gasteiger partial charge in [-0.2, -0.15) is 0 Å². The second-order valence-corrected chi connectivity index (χ2v) is 30.9. The van der Waals surface area contributed by atoms with Crippen molar-refractivity contribution in [1.82, 2.24) is 0 Å². The van der Waals surface area contributed by atoms with Crippen LogP contribution in [0.2, 0.25) is 0 Å². The summed E-state index contributed by atoms with van der Waals surface area (Å²) in [5, 5.41) is 0. The number of hydrogen-bond acceptors (Lipinski definition) is 0. The molecule has 342 valence electrons. The zero-order valence-corrected chi connectivity index (χ0v) is 44.3. The maximum atomic E-state index is 2.73. The molecule has 4 aliphatic carbocycles. The van der Waals surface area contributed by atoms with Crippen molar-refractivity contribution in [3.05, 3.63) is 0 Å². The van der Waals surface area contributed by atoms with Gasteiger partial charge in [-0.3, -0.25) is 0 Å². The van der Waals surface area contributed by atoms with E-state index in [4.69, 9.17) is 0 Å². The number of hydrogen-bond donors (Lipinski definition) is 0. The van der Waals surface area contributed by atoms with Crippen LogP contribution in [0.1, 0.15) is 261 Å². The van der Waals surface area contributed by atoms with Crippen LogP contribution in [-0.4, -0.2) is 0 Å². The summed E-state index contributed by atoms with van der Waals surface area (Å²) in [6, 6.07) is 0. The Morgan fingerprint density at radius 3 is 1.29 bits per heavy atom. The molecule has 0 saturated heterocycles. The van der Waals surface area contributed by atoms with Crippen molar-refractivity contribution in [2.45, 2.75) is 261 Å². The molecule has 58 heavy (non-hydrogen) atoms. The molecule has 0 aromatic carbocycles. The summed E-state index contributed by atoms with van der Waals surface area (Å²) in [5.74, 6) is 9.06. The van der Waals surface area contributed by atoms with Gasteiger partial charge in [0.05, 0.1) is 0 Å². The first-order valence-corrected chi connectivity index (χ1v) is 26.0. The van der Waals surface area contributed by atoms with Gasteiger partial charge < -0.3 is 0 Å². The molecule has 0 aliphatic heterocycles. The van der Waals surface area contributed by atoms with E-state index in [1.165, 1.54) is 109 Å². The molecule has 0 amide bonds. The number of fused-ring (bicyclic) bond motifs is 1. The average Bonchev–Trinajstić information content (AvgIpc) is 3.74. The molecule has 0 heteroatoms. The van der Waals surface area contributed by atoms with Gasteiger partial charge in [-0.05, 0) is 204 Å². The molecule has 0 aromatic rings. The average molecular weight is 808 g/mol. The Bertz CT molecular complexity index is 1290. The molecule has 0 N–H and O–H groups in total. The molecule has 4 fully saturated rings. The predicted octanol–water partition coefficient (Wildman–Crippen LogP) is 19.1. The van der Waals surface area contributed by atoms with Gasteiger partial charge in [-0.1, -0.05) is 165 Å². The van der Waals surface area contributed by atoms with Gasteiger partial charge in [0.2, 0.25) is 0 Å². The van der Waals surface area contributed by atoms with Crippen LogP contribution >= 0.6 is 0 Å². The van der Waals surface area contributed by atoms with Crippen LogP contribution in [0.15, 0.2) is 0 Å². The summed E-state index contributed by atoms with van der Waals surface area (Å²) in [5.41, 5.74) is 3.47. The first-order chi connectivity index (χ1) is 26.0. The van der Waals surface area contributed by atoms with E-state index in [1.807, 2.05) is 0 Å². The molecular formula is C58H110. The Morgan fingerprint density at radius 1 is 0.431 bits per heavy atom. The van der Waals surface area contributed by atoms with Gasteiger partial charge in [0.1, 0.15) is 0 Å². The van der Waals surface area contributed by atoms with E-state index in [-0.39, 0.29) is 0 Å². The van der Waals surface area contributed by atoms with Gasteiger partial charge in [-0.15, -0.1) is 0 Å². The largest absolute Gasteiger partial charge is 0.0649 e. The lowest BCUT2D eigenvalue weighted by Gasteiger charge is -2.48. The summed E-state index contributed by atoms with van der Waals surface area (Å²) in [4.78, 5) is 0. The quantitative estimate of drug-likeness (QED) is 0.146. The van der Waals surface area contributed by atoms with E-state index in [2.05, 4.69) is 152 Å². The highest BCUT2D eigenvalue weighted by Gasteiger charge is 2.54. The molecule has 11 unspecified atom stereocenters. The molecular weight excluding hydrogens is 697 g/mol. The van der Waals surface area contributed by atoms with Crippen LogP contribution in [0.4, 0.5) is 0 Å². The van der Waals surface area contributed by atoms with E-state index < -0.39 is 0 Å². The predicted molar refractivity (Wildman–Crippen MR) is 260 cm³/mol. The van der Waals surface area contributed by atoms with E-state index in [9.17, 15) is 0 Å². The normalized spacial score (nSPS) is 34.7. The fraction of sp³-hybridized carbons (Fsp3) is 1.00. The summed E-state index contributed by atoms with van der Waals surface area (Å²) >= 11 is 0. The van der Waals surface area contributed by atoms with Crippen LogP contribution in [0.3, 0.4) is 0 Å². The van der Waals surface area contributed by atoms with Crippen molar-refractivity contribution < 1.29 is 0 Å². The Hall–Kier alpha value is 0. The van der Waals surface area contributed by atoms with Crippen LogP contribution in [0, 0.1) is 108 Å². The maximum absolute atomic E-state index is 2.73. The molecule has 11 atom stereocenters. The van der Waals surface area contributed by atoms with E-state index in [0.29, 0.717) is 48.7 Å². The molecule has 4 rings (SSSR count). The highest BCUT2D eigenvalue weighted by molar-refractivity contribution is 5.04. The maximum Gasteiger partial charge on any atom is -0.0297 e. The van der Waals surface area contributed by atoms with Gasteiger partial charge in [-0.25, -0.2) is 0 Å². The van der Waals surface area contributed by atoms with E-state index in [0.717, 1.165) is 59.2 Å². The highest BCUT2D eigenvalue weighted by atomic mass is 14.6. The Labute approximate surface area is 368 Å². The summed E-state index contributed by atoms with van der Waals surface area (Å²) in [7, 11) is 0. The molecule has 4 saturated carbocycles. The van der Waals surface area contributed by atoms with E-state index in [1.54, 1.807) is 0 Å². The van der Waals surface area contributed by atoms with Crippen LogP contribution in [0.5, 0.6) is 0 Å². The zero-order chi connectivity index (χ0) is 44.3. The Balaban J connectivity index is 1.60. The monoisotopic (exact) mass is 807 g/mol. The lowest BCUT2D eigenvalue weighted by atomic mass is 9.57. The first-order valence-electron chi connectivity index (χ1n) is 26.0. The zero-order valence-electron chi connectivity index (χ0n) is 44.3. The lowest BCUT2D eigenvalue weighted by molar-refractivity contribution is 0.0200. The SMILES string of the molecule is CCC1(C)CC(CC(C)(C)C)CC1CC(C)(C)C(C)(C)CC1CC(CC(C)(C)C(C)(C)CC2CC(CC(C)(C)C)C3CCCC23)C(CC(C)(C)C)C1CCC(C)(C)C. The second-order valence-electron chi connectivity index (χ2n) is 30.9. The second kappa shape index (κ2) is 17.5. The fourth-order valence-electron chi connectivity index (χ4n) is 15.2. The first kappa shape index (κ1) is 50.6. The standard InChI is InChI=1S/C58H110/c1-23-58(22)33-40(32-51(5,6)7)29-45(58)38-57(20,21)56(18,19)36-43-31-44(49(39-53(11,12)13)48(43)27-28-50(2,3)4)37-55(16,17)54(14,15)35-42-30-41(34-52(8,9)10)46-25-24-26-47(42)46/h40-49H,23-39H2,1-22H3. The molecule has 0 heterocycles. The third kappa shape index (κ3) is 12.8. The highest BCUT2D eigenvalue weighted by Crippen LogP contribution is 2.63. The molecule has 0 spiro atoms. The van der Waals surface area contributed by atoms with Crippen molar-refractivity contribution in [2.24, 2.45) is 108 Å². The smallest absolute Gasteiger partial charge is 0.0297 e. The molecule has 0 aromatic heterocycles. The minimum Gasteiger partial charge on any atom is -0.0649 e. The van der Waals surface area contributed by atoms with Gasteiger partial charge in [0.15, 0.2) is 0 Å². The molecule has 0 bridgehead atoms.